The summed E-state index contributed by atoms with van der Waals surface area (Å²) in [5.41, 5.74) is 1.67. The van der Waals surface area contributed by atoms with E-state index in [1.807, 2.05) is 37.4 Å². The zero-order valence-corrected chi connectivity index (χ0v) is 12.5. The Morgan fingerprint density at radius 2 is 2.00 bits per heavy atom. The van der Waals surface area contributed by atoms with E-state index in [-0.39, 0.29) is 12.3 Å². The average molecular weight is 296 g/mol. The predicted molar refractivity (Wildman–Crippen MR) is 79.5 cm³/mol. The molecule has 0 bridgehead atoms. The normalized spacial score (nSPS) is 12.7. The number of benzene rings is 1. The molecule has 6 heteroatoms. The summed E-state index contributed by atoms with van der Waals surface area (Å²) in [6.07, 6.45) is 3.21. The third-order valence-electron chi connectivity index (χ3n) is 2.98. The van der Waals surface area contributed by atoms with Crippen LogP contribution in [0.15, 0.2) is 36.7 Å². The first kappa shape index (κ1) is 14.8. The van der Waals surface area contributed by atoms with Crippen LogP contribution in [-0.4, -0.2) is 36.3 Å². The van der Waals surface area contributed by atoms with Gasteiger partial charge in [-0.05, 0) is 25.1 Å². The Hall–Kier alpha value is -1.56. The molecule has 1 N–H and O–H groups in total. The highest BCUT2D eigenvalue weighted by Gasteiger charge is 2.18. The molecule has 0 aliphatic heterocycles. The zero-order valence-electron chi connectivity index (χ0n) is 11.7. The van der Waals surface area contributed by atoms with Crippen LogP contribution < -0.4 is 5.32 Å². The second-order valence-electron chi connectivity index (χ2n) is 4.36. The number of methoxy groups -OCH3 is 2. The van der Waals surface area contributed by atoms with E-state index in [4.69, 9.17) is 21.1 Å². The Balaban J connectivity index is 2.31. The largest absolute Gasteiger partial charge is 0.376 e. The second-order valence-corrected chi connectivity index (χ2v) is 4.77. The maximum absolute atomic E-state index is 6.29. The SMILES string of the molecule is COC(OC)C(C)Nc1cccc(Cl)c1-n1cccn1. The van der Waals surface area contributed by atoms with Crippen molar-refractivity contribution < 1.29 is 9.47 Å². The summed E-state index contributed by atoms with van der Waals surface area (Å²) in [4.78, 5) is 0. The van der Waals surface area contributed by atoms with E-state index in [1.165, 1.54) is 0 Å². The van der Waals surface area contributed by atoms with Crippen molar-refractivity contribution in [1.82, 2.24) is 9.78 Å². The van der Waals surface area contributed by atoms with Crippen molar-refractivity contribution in [2.45, 2.75) is 19.3 Å². The topological polar surface area (TPSA) is 48.3 Å². The van der Waals surface area contributed by atoms with Crippen LogP contribution in [0.5, 0.6) is 0 Å². The molecule has 0 aliphatic carbocycles. The van der Waals surface area contributed by atoms with Gasteiger partial charge in [0.2, 0.25) is 0 Å². The van der Waals surface area contributed by atoms with E-state index in [9.17, 15) is 0 Å². The molecule has 1 aromatic heterocycles. The number of aromatic nitrogens is 2. The number of rotatable bonds is 6. The molecular weight excluding hydrogens is 278 g/mol. The van der Waals surface area contributed by atoms with Gasteiger partial charge in [0.25, 0.3) is 0 Å². The van der Waals surface area contributed by atoms with Crippen LogP contribution in [0.25, 0.3) is 5.69 Å². The fourth-order valence-electron chi connectivity index (χ4n) is 2.08. The minimum Gasteiger partial charge on any atom is -0.376 e. The summed E-state index contributed by atoms with van der Waals surface area (Å²) in [5.74, 6) is 0. The maximum Gasteiger partial charge on any atom is 0.176 e. The third-order valence-corrected chi connectivity index (χ3v) is 3.28. The van der Waals surface area contributed by atoms with Crippen LogP contribution in [-0.2, 0) is 9.47 Å². The van der Waals surface area contributed by atoms with Crippen molar-refractivity contribution in [1.29, 1.82) is 0 Å². The first-order valence-corrected chi connectivity index (χ1v) is 6.65. The first-order chi connectivity index (χ1) is 9.67. The molecular formula is C14H18ClN3O2. The van der Waals surface area contributed by atoms with Gasteiger partial charge in [-0.3, -0.25) is 0 Å². The van der Waals surface area contributed by atoms with Crippen molar-refractivity contribution in [2.24, 2.45) is 0 Å². The molecule has 0 spiro atoms. The zero-order chi connectivity index (χ0) is 14.5. The van der Waals surface area contributed by atoms with Crippen LogP contribution in [0.1, 0.15) is 6.92 Å². The van der Waals surface area contributed by atoms with Gasteiger partial charge >= 0.3 is 0 Å². The summed E-state index contributed by atoms with van der Waals surface area (Å²) in [7, 11) is 3.22. The van der Waals surface area contributed by atoms with Crippen LogP contribution >= 0.6 is 11.6 Å². The number of nitrogens with one attached hydrogen (secondary N) is 1. The number of hydrogen-bond acceptors (Lipinski definition) is 4. The summed E-state index contributed by atoms with van der Waals surface area (Å²) in [6.45, 7) is 1.98. The number of hydrogen-bond donors (Lipinski definition) is 1. The molecule has 1 heterocycles. The maximum atomic E-state index is 6.29. The fraction of sp³-hybridized carbons (Fsp3) is 0.357. The van der Waals surface area contributed by atoms with E-state index in [0.717, 1.165) is 11.4 Å². The number of anilines is 1. The Labute approximate surface area is 123 Å². The Bertz CT molecular complexity index is 541. The van der Waals surface area contributed by atoms with E-state index in [1.54, 1.807) is 25.1 Å². The van der Waals surface area contributed by atoms with Crippen molar-refractivity contribution in [3.8, 4) is 5.69 Å². The fourth-order valence-corrected chi connectivity index (χ4v) is 2.34. The quantitative estimate of drug-likeness (QED) is 0.833. The molecule has 0 saturated carbocycles. The van der Waals surface area contributed by atoms with Crippen molar-refractivity contribution in [2.75, 3.05) is 19.5 Å². The van der Waals surface area contributed by atoms with Crippen LogP contribution in [0, 0.1) is 0 Å². The highest BCUT2D eigenvalue weighted by Crippen LogP contribution is 2.28. The van der Waals surface area contributed by atoms with Gasteiger partial charge in [-0.15, -0.1) is 0 Å². The molecule has 1 aromatic carbocycles. The molecule has 0 amide bonds. The molecule has 20 heavy (non-hydrogen) atoms. The van der Waals surface area contributed by atoms with Crippen LogP contribution in [0.4, 0.5) is 5.69 Å². The van der Waals surface area contributed by atoms with Gasteiger partial charge < -0.3 is 14.8 Å². The van der Waals surface area contributed by atoms with Gasteiger partial charge in [0.05, 0.1) is 16.8 Å². The second kappa shape index (κ2) is 6.74. The predicted octanol–water partition coefficient (Wildman–Crippen LogP) is 2.95. The summed E-state index contributed by atoms with van der Waals surface area (Å²) >= 11 is 6.29. The van der Waals surface area contributed by atoms with Gasteiger partial charge in [-0.2, -0.15) is 5.10 Å². The molecule has 5 nitrogen and oxygen atoms in total. The van der Waals surface area contributed by atoms with Gasteiger partial charge in [-0.1, -0.05) is 17.7 Å². The summed E-state index contributed by atoms with van der Waals surface area (Å²) < 4.78 is 12.2. The molecule has 2 aromatic rings. The smallest absolute Gasteiger partial charge is 0.176 e. The van der Waals surface area contributed by atoms with E-state index in [2.05, 4.69) is 10.4 Å². The van der Waals surface area contributed by atoms with Gasteiger partial charge in [-0.25, -0.2) is 4.68 Å². The lowest BCUT2D eigenvalue weighted by molar-refractivity contribution is -0.109. The molecule has 108 valence electrons. The van der Waals surface area contributed by atoms with Crippen molar-refractivity contribution >= 4 is 17.3 Å². The van der Waals surface area contributed by atoms with E-state index in [0.29, 0.717) is 5.02 Å². The summed E-state index contributed by atoms with van der Waals surface area (Å²) in [6, 6.07) is 7.47. The van der Waals surface area contributed by atoms with E-state index < -0.39 is 0 Å². The monoisotopic (exact) mass is 295 g/mol. The lowest BCUT2D eigenvalue weighted by atomic mass is 10.2. The molecule has 0 saturated heterocycles. The lowest BCUT2D eigenvalue weighted by Crippen LogP contribution is -2.34. The molecule has 1 unspecified atom stereocenters. The standard InChI is InChI=1S/C14H18ClN3O2/c1-10(14(19-2)20-3)17-12-7-4-6-11(15)13(12)18-9-5-8-16-18/h4-10,14,17H,1-3H3. The van der Waals surface area contributed by atoms with Crippen LogP contribution in [0.3, 0.4) is 0 Å². The summed E-state index contributed by atoms with van der Waals surface area (Å²) in [5, 5.41) is 8.20. The highest BCUT2D eigenvalue weighted by atomic mass is 35.5. The minimum atomic E-state index is -0.348. The number of ether oxygens (including phenoxy) is 2. The Morgan fingerprint density at radius 3 is 2.60 bits per heavy atom. The number of halogens is 1. The number of para-hydroxylation sites is 1. The number of nitrogens with zero attached hydrogens (tertiary/aromatic N) is 2. The van der Waals surface area contributed by atoms with Gasteiger partial charge in [0.1, 0.15) is 5.69 Å². The Morgan fingerprint density at radius 1 is 1.25 bits per heavy atom. The van der Waals surface area contributed by atoms with Crippen molar-refractivity contribution in [3.05, 3.63) is 41.7 Å². The lowest BCUT2D eigenvalue weighted by Gasteiger charge is -2.24. The molecule has 2 rings (SSSR count). The Kier molecular flexibility index (Phi) is 5.00. The van der Waals surface area contributed by atoms with Crippen LogP contribution in [0.2, 0.25) is 5.02 Å². The van der Waals surface area contributed by atoms with Gasteiger partial charge in [0.15, 0.2) is 6.29 Å². The average Bonchev–Trinajstić information content (AvgIpc) is 2.94. The van der Waals surface area contributed by atoms with Gasteiger partial charge in [0, 0.05) is 26.6 Å². The molecule has 0 fully saturated rings. The van der Waals surface area contributed by atoms with E-state index >= 15 is 0 Å². The first-order valence-electron chi connectivity index (χ1n) is 6.28. The molecule has 0 radical (unpaired) electrons. The minimum absolute atomic E-state index is 0.0437. The molecule has 1 atom stereocenters. The highest BCUT2D eigenvalue weighted by molar-refractivity contribution is 6.33. The molecule has 0 aliphatic rings. The van der Waals surface area contributed by atoms with Crippen molar-refractivity contribution in [3.63, 3.8) is 0 Å². The third kappa shape index (κ3) is 3.12.